The number of hydrogen-bond donors (Lipinski definition) is 2. The van der Waals surface area contributed by atoms with Gasteiger partial charge in [0, 0.05) is 13.1 Å². The first-order valence-corrected chi connectivity index (χ1v) is 5.81. The summed E-state index contributed by atoms with van der Waals surface area (Å²) in [7, 11) is 1.40. The third kappa shape index (κ3) is 2.99. The van der Waals surface area contributed by atoms with Crippen molar-refractivity contribution in [3.05, 3.63) is 16.7 Å². The fraction of sp³-hybridized carbons (Fsp3) is 0.636. The predicted octanol–water partition coefficient (Wildman–Crippen LogP) is -0.466. The van der Waals surface area contributed by atoms with E-state index in [2.05, 4.69) is 15.3 Å². The highest BCUT2D eigenvalue weighted by Crippen LogP contribution is 2.18. The zero-order valence-electron chi connectivity index (χ0n) is 10.4. The average molecular weight is 255 g/mol. The third-order valence-electron chi connectivity index (χ3n) is 2.62. The van der Waals surface area contributed by atoms with Crippen LogP contribution in [0.5, 0.6) is 11.6 Å². The van der Waals surface area contributed by atoms with Gasteiger partial charge in [0.15, 0.2) is 0 Å². The van der Waals surface area contributed by atoms with E-state index in [1.165, 1.54) is 13.4 Å². The van der Waals surface area contributed by atoms with Crippen molar-refractivity contribution in [2.45, 2.75) is 19.1 Å². The summed E-state index contributed by atoms with van der Waals surface area (Å²) in [4.78, 5) is 17.8. The topological polar surface area (TPSA) is 85.5 Å². The van der Waals surface area contributed by atoms with Gasteiger partial charge in [0.25, 0.3) is 11.4 Å². The molecule has 7 nitrogen and oxygen atoms in total. The number of aromatic nitrogens is 2. The molecule has 1 saturated heterocycles. The summed E-state index contributed by atoms with van der Waals surface area (Å²) in [5.41, 5.74) is -0.362. The lowest BCUT2D eigenvalue weighted by Gasteiger charge is -2.28. The maximum atomic E-state index is 11.4. The molecule has 0 spiro atoms. The largest absolute Gasteiger partial charge is 0.487 e. The molecule has 2 atom stereocenters. The molecule has 2 heterocycles. The van der Waals surface area contributed by atoms with E-state index < -0.39 is 0 Å². The van der Waals surface area contributed by atoms with E-state index in [9.17, 15) is 4.79 Å². The lowest BCUT2D eigenvalue weighted by atomic mass is 10.2. The van der Waals surface area contributed by atoms with E-state index >= 15 is 0 Å². The molecule has 1 aliphatic rings. The van der Waals surface area contributed by atoms with E-state index in [4.69, 9.17) is 14.2 Å². The molecule has 18 heavy (non-hydrogen) atoms. The minimum absolute atomic E-state index is 0.0560. The molecule has 0 saturated carbocycles. The molecule has 1 aromatic rings. The molecule has 2 N–H and O–H groups in total. The van der Waals surface area contributed by atoms with Crippen molar-refractivity contribution in [1.82, 2.24) is 15.3 Å². The number of hydrogen-bond acceptors (Lipinski definition) is 6. The summed E-state index contributed by atoms with van der Waals surface area (Å²) >= 11 is 0. The molecule has 0 bridgehead atoms. The van der Waals surface area contributed by atoms with E-state index in [0.717, 1.165) is 13.1 Å². The molecule has 100 valence electrons. The lowest BCUT2D eigenvalue weighted by Crippen LogP contribution is -2.46. The van der Waals surface area contributed by atoms with Gasteiger partial charge in [-0.05, 0) is 6.92 Å². The fourth-order valence-electron chi connectivity index (χ4n) is 1.80. The monoisotopic (exact) mass is 255 g/mol. The Balaban J connectivity index is 1.97. The molecule has 1 fully saturated rings. The standard InChI is InChI=1S/C11H17N3O4/c1-7-3-12-4-8(18-7)5-17-11-9(16-2)10(15)13-6-14-11/h6-8,12H,3-5H2,1-2H3,(H,13,14,15). The Morgan fingerprint density at radius 2 is 2.39 bits per heavy atom. The number of morpholine rings is 1. The number of rotatable bonds is 4. The maximum absolute atomic E-state index is 11.4. The molecule has 2 unspecified atom stereocenters. The molecule has 0 aromatic carbocycles. The van der Waals surface area contributed by atoms with E-state index in [-0.39, 0.29) is 29.4 Å². The van der Waals surface area contributed by atoms with Crippen LogP contribution in [0.25, 0.3) is 0 Å². The highest BCUT2D eigenvalue weighted by atomic mass is 16.6. The molecular formula is C11H17N3O4. The Bertz CT molecular complexity index is 448. The van der Waals surface area contributed by atoms with Crippen LogP contribution in [0, 0.1) is 0 Å². The highest BCUT2D eigenvalue weighted by Gasteiger charge is 2.20. The first kappa shape index (κ1) is 12.8. The Morgan fingerprint density at radius 1 is 1.56 bits per heavy atom. The van der Waals surface area contributed by atoms with Gasteiger partial charge in [0.2, 0.25) is 5.75 Å². The Kier molecular flexibility index (Phi) is 4.16. The van der Waals surface area contributed by atoms with Crippen LogP contribution in [0.2, 0.25) is 0 Å². The van der Waals surface area contributed by atoms with Crippen molar-refractivity contribution in [3.8, 4) is 11.6 Å². The second kappa shape index (κ2) is 5.83. The minimum Gasteiger partial charge on any atom is -0.487 e. The van der Waals surface area contributed by atoms with Gasteiger partial charge in [-0.15, -0.1) is 0 Å². The van der Waals surface area contributed by atoms with Crippen LogP contribution in [-0.4, -0.2) is 49.0 Å². The summed E-state index contributed by atoms with van der Waals surface area (Å²) in [5, 5.41) is 3.24. The molecule has 0 radical (unpaired) electrons. The summed E-state index contributed by atoms with van der Waals surface area (Å²) in [5.74, 6) is 0.261. The SMILES string of the molecule is COc1c(OCC2CNCC(C)O2)nc[nH]c1=O. The van der Waals surface area contributed by atoms with Crippen molar-refractivity contribution < 1.29 is 14.2 Å². The van der Waals surface area contributed by atoms with Crippen LogP contribution in [0.1, 0.15) is 6.92 Å². The second-order valence-corrected chi connectivity index (χ2v) is 4.11. The van der Waals surface area contributed by atoms with Crippen LogP contribution in [0.15, 0.2) is 11.1 Å². The molecule has 1 aliphatic heterocycles. The zero-order valence-corrected chi connectivity index (χ0v) is 10.4. The molecular weight excluding hydrogens is 238 g/mol. The van der Waals surface area contributed by atoms with Gasteiger partial charge in [-0.25, -0.2) is 4.98 Å². The Labute approximate surface area is 104 Å². The first-order valence-electron chi connectivity index (χ1n) is 5.81. The van der Waals surface area contributed by atoms with Gasteiger partial charge >= 0.3 is 0 Å². The quantitative estimate of drug-likeness (QED) is 0.757. The summed E-state index contributed by atoms with van der Waals surface area (Å²) in [6.07, 6.45) is 1.38. The second-order valence-electron chi connectivity index (χ2n) is 4.11. The third-order valence-corrected chi connectivity index (χ3v) is 2.62. The van der Waals surface area contributed by atoms with Crippen LogP contribution < -0.4 is 20.3 Å². The van der Waals surface area contributed by atoms with Crippen LogP contribution in [-0.2, 0) is 4.74 Å². The van der Waals surface area contributed by atoms with Crippen LogP contribution >= 0.6 is 0 Å². The number of nitrogens with zero attached hydrogens (tertiary/aromatic N) is 1. The van der Waals surface area contributed by atoms with Crippen molar-refractivity contribution in [3.63, 3.8) is 0 Å². The summed E-state index contributed by atoms with van der Waals surface area (Å²) < 4.78 is 16.1. The molecule has 2 rings (SSSR count). The van der Waals surface area contributed by atoms with Gasteiger partial charge in [0.05, 0.1) is 19.5 Å². The van der Waals surface area contributed by atoms with E-state index in [1.54, 1.807) is 0 Å². The normalized spacial score (nSPS) is 23.7. The van der Waals surface area contributed by atoms with Gasteiger partial charge in [-0.2, -0.15) is 0 Å². The number of methoxy groups -OCH3 is 1. The number of nitrogens with one attached hydrogen (secondary N) is 2. The number of H-pyrrole nitrogens is 1. The Hall–Kier alpha value is -1.60. The highest BCUT2D eigenvalue weighted by molar-refractivity contribution is 5.29. The first-order chi connectivity index (χ1) is 8.70. The minimum atomic E-state index is -0.362. The van der Waals surface area contributed by atoms with Crippen LogP contribution in [0.3, 0.4) is 0 Å². The molecule has 1 aromatic heterocycles. The zero-order chi connectivity index (χ0) is 13.0. The van der Waals surface area contributed by atoms with Gasteiger partial charge in [-0.3, -0.25) is 4.79 Å². The Morgan fingerprint density at radius 3 is 3.11 bits per heavy atom. The number of aromatic amines is 1. The number of ether oxygens (including phenoxy) is 3. The van der Waals surface area contributed by atoms with Crippen LogP contribution in [0.4, 0.5) is 0 Å². The van der Waals surface area contributed by atoms with Gasteiger partial charge in [0.1, 0.15) is 12.7 Å². The fourth-order valence-corrected chi connectivity index (χ4v) is 1.80. The van der Waals surface area contributed by atoms with E-state index in [0.29, 0.717) is 6.61 Å². The lowest BCUT2D eigenvalue weighted by molar-refractivity contribution is -0.0479. The van der Waals surface area contributed by atoms with Crippen molar-refractivity contribution >= 4 is 0 Å². The van der Waals surface area contributed by atoms with Gasteiger partial charge in [-0.1, -0.05) is 0 Å². The van der Waals surface area contributed by atoms with Crippen molar-refractivity contribution in [1.29, 1.82) is 0 Å². The average Bonchev–Trinajstić information content (AvgIpc) is 2.36. The smallest absolute Gasteiger partial charge is 0.297 e. The predicted molar refractivity (Wildman–Crippen MR) is 64.1 cm³/mol. The summed E-state index contributed by atoms with van der Waals surface area (Å²) in [6.45, 7) is 3.87. The summed E-state index contributed by atoms with van der Waals surface area (Å²) in [6, 6.07) is 0. The molecule has 7 heteroatoms. The maximum Gasteiger partial charge on any atom is 0.297 e. The van der Waals surface area contributed by atoms with E-state index in [1.807, 2.05) is 6.92 Å². The van der Waals surface area contributed by atoms with Gasteiger partial charge < -0.3 is 24.5 Å². The van der Waals surface area contributed by atoms with Crippen molar-refractivity contribution in [2.75, 3.05) is 26.8 Å². The van der Waals surface area contributed by atoms with Crippen molar-refractivity contribution in [2.24, 2.45) is 0 Å². The molecule has 0 amide bonds. The molecule has 0 aliphatic carbocycles.